The van der Waals surface area contributed by atoms with Gasteiger partial charge in [-0.3, -0.25) is 4.98 Å². The Morgan fingerprint density at radius 3 is 2.38 bits per heavy atom. The zero-order chi connectivity index (χ0) is 15.5. The zero-order valence-corrected chi connectivity index (χ0v) is 13.4. The van der Waals surface area contributed by atoms with Gasteiger partial charge in [0.2, 0.25) is 0 Å². The van der Waals surface area contributed by atoms with Crippen LogP contribution in [0.2, 0.25) is 0 Å². The summed E-state index contributed by atoms with van der Waals surface area (Å²) < 4.78 is 28.6. The second kappa shape index (κ2) is 6.45. The second-order valence-corrected chi connectivity index (χ2v) is 7.24. The van der Waals surface area contributed by atoms with Gasteiger partial charge in [-0.2, -0.15) is 0 Å². The molecule has 4 nitrogen and oxygen atoms in total. The van der Waals surface area contributed by atoms with Crippen LogP contribution in [0.5, 0.6) is 5.75 Å². The lowest BCUT2D eigenvalue weighted by molar-refractivity contribution is 0.319. The maximum atomic E-state index is 11.4. The Morgan fingerprint density at radius 2 is 1.76 bits per heavy atom. The largest absolute Gasteiger partial charge is 0.493 e. The fourth-order valence-electron chi connectivity index (χ4n) is 2.02. The van der Waals surface area contributed by atoms with E-state index in [1.807, 2.05) is 19.1 Å². The maximum Gasteiger partial charge on any atom is 0.261 e. The summed E-state index contributed by atoms with van der Waals surface area (Å²) in [5.41, 5.74) is 2.54. The summed E-state index contributed by atoms with van der Waals surface area (Å²) in [5, 5.41) is 0. The molecule has 0 atom stereocenters. The lowest BCUT2D eigenvalue weighted by atomic mass is 10.1. The monoisotopic (exact) mass is 325 g/mol. The van der Waals surface area contributed by atoms with E-state index in [0.29, 0.717) is 17.9 Å². The molecule has 0 amide bonds. The van der Waals surface area contributed by atoms with Crippen molar-refractivity contribution in [3.05, 3.63) is 53.3 Å². The molecule has 0 radical (unpaired) electrons. The minimum absolute atomic E-state index is 0.128. The summed E-state index contributed by atoms with van der Waals surface area (Å²) in [4.78, 5) is 4.09. The highest BCUT2D eigenvalue weighted by molar-refractivity contribution is 8.13. The molecule has 0 aliphatic heterocycles. The van der Waals surface area contributed by atoms with Gasteiger partial charge in [0.1, 0.15) is 5.75 Å². The van der Waals surface area contributed by atoms with Crippen molar-refractivity contribution >= 4 is 19.7 Å². The van der Waals surface area contributed by atoms with Crippen LogP contribution in [0, 0.1) is 13.8 Å². The van der Waals surface area contributed by atoms with Crippen LogP contribution in [0.1, 0.15) is 16.7 Å². The maximum absolute atomic E-state index is 11.4. The van der Waals surface area contributed by atoms with Gasteiger partial charge in [0.25, 0.3) is 9.05 Å². The van der Waals surface area contributed by atoms with E-state index < -0.39 is 9.05 Å². The molecule has 0 saturated carbocycles. The molecule has 0 saturated heterocycles. The minimum Gasteiger partial charge on any atom is -0.493 e. The van der Waals surface area contributed by atoms with Crippen LogP contribution in [0.15, 0.2) is 41.6 Å². The second-order valence-electron chi connectivity index (χ2n) is 4.70. The Balaban J connectivity index is 2.10. The van der Waals surface area contributed by atoms with Crippen molar-refractivity contribution in [2.45, 2.75) is 25.2 Å². The topological polar surface area (TPSA) is 56.3 Å². The number of rotatable bonds is 5. The van der Waals surface area contributed by atoms with E-state index in [0.717, 1.165) is 17.5 Å². The van der Waals surface area contributed by atoms with E-state index >= 15 is 0 Å². The molecule has 0 bridgehead atoms. The molecular weight excluding hydrogens is 310 g/mol. The average molecular weight is 326 g/mol. The first-order chi connectivity index (χ1) is 9.89. The third-order valence-corrected chi connectivity index (χ3v) is 4.81. The number of benzene rings is 1. The van der Waals surface area contributed by atoms with Gasteiger partial charge in [0.05, 0.1) is 11.5 Å². The predicted molar refractivity (Wildman–Crippen MR) is 82.4 cm³/mol. The van der Waals surface area contributed by atoms with Gasteiger partial charge < -0.3 is 4.74 Å². The van der Waals surface area contributed by atoms with E-state index in [1.165, 1.54) is 6.07 Å². The number of ether oxygens (including phenoxy) is 1. The Morgan fingerprint density at radius 1 is 1.10 bits per heavy atom. The Bertz CT molecular complexity index is 730. The summed E-state index contributed by atoms with van der Waals surface area (Å²) in [6, 6.07) is 6.99. The molecule has 1 aromatic heterocycles. The normalized spacial score (nSPS) is 11.4. The third kappa shape index (κ3) is 3.95. The summed E-state index contributed by atoms with van der Waals surface area (Å²) in [6.07, 6.45) is 4.24. The van der Waals surface area contributed by atoms with Crippen molar-refractivity contribution in [1.82, 2.24) is 4.98 Å². The van der Waals surface area contributed by atoms with Crippen molar-refractivity contribution in [3.8, 4) is 5.75 Å². The highest BCUT2D eigenvalue weighted by atomic mass is 35.7. The SMILES string of the molecule is Cc1c(OCCc2ccncc2)ccc(S(=O)(=O)Cl)c1C. The van der Waals surface area contributed by atoms with Crippen LogP contribution in [0.3, 0.4) is 0 Å². The molecule has 2 rings (SSSR count). The van der Waals surface area contributed by atoms with Gasteiger partial charge in [-0.25, -0.2) is 8.42 Å². The third-order valence-electron chi connectivity index (χ3n) is 3.35. The molecule has 1 heterocycles. The van der Waals surface area contributed by atoms with E-state index in [-0.39, 0.29) is 4.90 Å². The molecule has 0 aliphatic carbocycles. The van der Waals surface area contributed by atoms with E-state index in [1.54, 1.807) is 25.4 Å². The van der Waals surface area contributed by atoms with Crippen LogP contribution < -0.4 is 4.74 Å². The Hall–Kier alpha value is -1.59. The lowest BCUT2D eigenvalue weighted by Crippen LogP contribution is -2.05. The first-order valence-electron chi connectivity index (χ1n) is 6.46. The van der Waals surface area contributed by atoms with Gasteiger partial charge in [-0.1, -0.05) is 0 Å². The van der Waals surface area contributed by atoms with Crippen LogP contribution in [-0.2, 0) is 15.5 Å². The fraction of sp³-hybridized carbons (Fsp3) is 0.267. The number of hydrogen-bond donors (Lipinski definition) is 0. The van der Waals surface area contributed by atoms with Gasteiger partial charge >= 0.3 is 0 Å². The first kappa shape index (κ1) is 15.8. The highest BCUT2D eigenvalue weighted by Crippen LogP contribution is 2.29. The first-order valence-corrected chi connectivity index (χ1v) is 8.77. The standard InChI is InChI=1S/C15H16ClNO3S/c1-11-12(2)15(21(16,18)19)4-3-14(11)20-10-7-13-5-8-17-9-6-13/h3-6,8-9H,7,10H2,1-2H3. The molecular formula is C15H16ClNO3S. The number of hydrogen-bond acceptors (Lipinski definition) is 4. The minimum atomic E-state index is -3.73. The summed E-state index contributed by atoms with van der Waals surface area (Å²) in [7, 11) is 1.67. The number of pyridine rings is 1. The predicted octanol–water partition coefficient (Wildman–Crippen LogP) is 3.25. The molecule has 0 spiro atoms. The molecule has 0 fully saturated rings. The molecule has 6 heteroatoms. The van der Waals surface area contributed by atoms with Crippen LogP contribution >= 0.6 is 10.7 Å². The van der Waals surface area contributed by atoms with Gasteiger partial charge in [-0.15, -0.1) is 0 Å². The summed E-state index contributed by atoms with van der Waals surface area (Å²) in [6.45, 7) is 4.06. The molecule has 21 heavy (non-hydrogen) atoms. The molecule has 0 unspecified atom stereocenters. The summed E-state index contributed by atoms with van der Waals surface area (Å²) in [5.74, 6) is 0.672. The molecule has 2 aromatic rings. The van der Waals surface area contributed by atoms with Crippen LogP contribution in [0.25, 0.3) is 0 Å². The van der Waals surface area contributed by atoms with Crippen LogP contribution in [0.4, 0.5) is 0 Å². The molecule has 0 aliphatic rings. The lowest BCUT2D eigenvalue weighted by Gasteiger charge is -2.13. The fourth-order valence-corrected chi connectivity index (χ4v) is 3.27. The number of nitrogens with zero attached hydrogens (tertiary/aromatic N) is 1. The average Bonchev–Trinajstić information content (AvgIpc) is 2.43. The van der Waals surface area contributed by atoms with Crippen LogP contribution in [-0.4, -0.2) is 20.0 Å². The van der Waals surface area contributed by atoms with E-state index in [9.17, 15) is 8.42 Å². The van der Waals surface area contributed by atoms with Gasteiger partial charge in [0, 0.05) is 29.5 Å². The zero-order valence-electron chi connectivity index (χ0n) is 11.8. The highest BCUT2D eigenvalue weighted by Gasteiger charge is 2.16. The summed E-state index contributed by atoms with van der Waals surface area (Å²) >= 11 is 0. The quantitative estimate of drug-likeness (QED) is 0.792. The van der Waals surface area contributed by atoms with Crippen molar-refractivity contribution in [3.63, 3.8) is 0 Å². The molecule has 112 valence electrons. The van der Waals surface area contributed by atoms with Gasteiger partial charge in [-0.05, 0) is 54.8 Å². The Labute approximate surface area is 129 Å². The number of halogens is 1. The van der Waals surface area contributed by atoms with Crippen molar-refractivity contribution in [2.24, 2.45) is 0 Å². The van der Waals surface area contributed by atoms with E-state index in [4.69, 9.17) is 15.4 Å². The molecule has 0 N–H and O–H groups in total. The smallest absolute Gasteiger partial charge is 0.261 e. The molecule has 1 aromatic carbocycles. The Kier molecular flexibility index (Phi) is 4.85. The van der Waals surface area contributed by atoms with Crippen molar-refractivity contribution in [1.29, 1.82) is 0 Å². The van der Waals surface area contributed by atoms with Crippen molar-refractivity contribution in [2.75, 3.05) is 6.61 Å². The van der Waals surface area contributed by atoms with Gasteiger partial charge in [0.15, 0.2) is 0 Å². The number of aromatic nitrogens is 1. The van der Waals surface area contributed by atoms with Crippen molar-refractivity contribution < 1.29 is 13.2 Å². The van der Waals surface area contributed by atoms with E-state index in [2.05, 4.69) is 4.98 Å².